The number of anilines is 2. The Morgan fingerprint density at radius 3 is 1.39 bits per heavy atom. The second-order valence-electron chi connectivity index (χ2n) is 13.8. The highest BCUT2D eigenvalue weighted by Gasteiger charge is 2.23. The van der Waals surface area contributed by atoms with Crippen LogP contribution in [0, 0.1) is 23.3 Å². The molecule has 0 unspecified atom stereocenters. The molecule has 5 aromatic rings. The number of benzene rings is 5. The van der Waals surface area contributed by atoms with Crippen molar-refractivity contribution in [1.29, 1.82) is 0 Å². The molecule has 0 aliphatic rings. The fourth-order valence-electron chi connectivity index (χ4n) is 5.68. The monoisotopic (exact) mass is 982 g/mol. The fraction of sp³-hybridized carbons (Fsp3) is 0.200. The number of nitrogens with zero attached hydrogens (tertiary/aromatic N) is 2. The molecule has 5 rings (SSSR count). The van der Waals surface area contributed by atoms with E-state index in [-0.39, 0.29) is 70.0 Å². The number of alkyl halides is 4. The van der Waals surface area contributed by atoms with Crippen LogP contribution in [0.25, 0.3) is 0 Å². The van der Waals surface area contributed by atoms with Gasteiger partial charge >= 0.3 is 12.9 Å². The molecule has 0 aromatic heterocycles. The van der Waals surface area contributed by atoms with Crippen LogP contribution in [0.1, 0.15) is 37.4 Å². The van der Waals surface area contributed by atoms with E-state index in [1.807, 2.05) is 30.3 Å². The van der Waals surface area contributed by atoms with Crippen LogP contribution < -0.4 is 20.4 Å². The summed E-state index contributed by atoms with van der Waals surface area (Å²) in [5.41, 5.74) is 0.738. The van der Waals surface area contributed by atoms with E-state index in [4.69, 9.17) is 27.9 Å². The van der Waals surface area contributed by atoms with Gasteiger partial charge in [-0.1, -0.05) is 77.8 Å². The summed E-state index contributed by atoms with van der Waals surface area (Å²) in [6.45, 7) is -3.28. The van der Waals surface area contributed by atoms with Crippen molar-refractivity contribution in [2.24, 2.45) is 0 Å². The van der Waals surface area contributed by atoms with Crippen LogP contribution in [-0.4, -0.2) is 79.5 Å². The lowest BCUT2D eigenvalue weighted by Gasteiger charge is -2.24. The number of carbonyl (C=O) groups is 6. The molecule has 0 atom stereocenters. The second-order valence-corrected chi connectivity index (χ2v) is 14.6. The number of carbonyl (C=O) groups excluding carboxylic acids is 6. The molecule has 3 N–H and O–H groups in total. The number of hydrogen-bond acceptors (Lipinski definition) is 8. The lowest BCUT2D eigenvalue weighted by molar-refractivity contribution is -0.132. The van der Waals surface area contributed by atoms with E-state index in [9.17, 15) is 69.0 Å². The van der Waals surface area contributed by atoms with Crippen molar-refractivity contribution >= 4 is 69.8 Å². The standard InChI is InChI=1S/C26H21ClF4N2O4.C19H15ClF4N2O4/c27-20-11-19(8-9-21(20)28)33(24(35)15-37-14-16-4-2-1-3-5-16)13-18-7-6-17(10-22(18)29)23(34)12-32-26(36)25(30)31;20-13-6-12(3-4-14(13)21)26(17(29)9-27)8-11-2-1-10(5-15(11)22)16(28)7-25-19(30)18(23)24/h1-11,25H,12-15H2,(H,32,36);1-6,18,27H,7-9H2,(H,25,30). The topological polar surface area (TPSA) is 162 Å². The van der Waals surface area contributed by atoms with Gasteiger partial charge in [0.25, 0.3) is 23.6 Å². The van der Waals surface area contributed by atoms with Gasteiger partial charge in [-0.15, -0.1) is 0 Å². The summed E-state index contributed by atoms with van der Waals surface area (Å²) in [7, 11) is 0. The number of rotatable bonds is 19. The molecule has 4 amide bonds. The first-order valence-electron chi connectivity index (χ1n) is 19.3. The van der Waals surface area contributed by atoms with Crippen molar-refractivity contribution in [3.63, 3.8) is 0 Å². The third-order valence-corrected chi connectivity index (χ3v) is 9.73. The predicted octanol–water partition coefficient (Wildman–Crippen LogP) is 7.64. The molecule has 0 radical (unpaired) electrons. The maximum atomic E-state index is 14.9. The molecular weight excluding hydrogens is 947 g/mol. The van der Waals surface area contributed by atoms with Gasteiger partial charge < -0.3 is 30.3 Å². The summed E-state index contributed by atoms with van der Waals surface area (Å²) in [6, 6.07) is 22.6. The SMILES string of the molecule is O=C(CNC(=O)C(F)F)c1ccc(CN(C(=O)CO)c2ccc(F)c(Cl)c2)c(F)c1.O=C(CNC(=O)C(F)F)c1ccc(CN(C(=O)COCc2ccccc2)c2ccc(F)c(Cl)c2)c(F)c1. The largest absolute Gasteiger partial charge is 0.387 e. The number of ether oxygens (including phenoxy) is 1. The van der Waals surface area contributed by atoms with Crippen LogP contribution in [0.2, 0.25) is 10.0 Å². The average molecular weight is 984 g/mol. The number of halogens is 10. The Balaban J connectivity index is 0.000000299. The minimum atomic E-state index is -3.29. The summed E-state index contributed by atoms with van der Waals surface area (Å²) >= 11 is 11.6. The minimum absolute atomic E-state index is 0.00465. The molecule has 0 heterocycles. The summed E-state index contributed by atoms with van der Waals surface area (Å²) < 4.78 is 111. The van der Waals surface area contributed by atoms with Gasteiger partial charge in [0.05, 0.1) is 42.8 Å². The van der Waals surface area contributed by atoms with Gasteiger partial charge in [-0.2, -0.15) is 17.6 Å². The van der Waals surface area contributed by atoms with Crippen LogP contribution in [0.4, 0.5) is 46.5 Å². The highest BCUT2D eigenvalue weighted by atomic mass is 35.5. The van der Waals surface area contributed by atoms with Gasteiger partial charge in [-0.25, -0.2) is 17.6 Å². The fourth-order valence-corrected chi connectivity index (χ4v) is 6.03. The Kier molecular flexibility index (Phi) is 19.9. The van der Waals surface area contributed by atoms with Crippen molar-refractivity contribution in [2.45, 2.75) is 32.5 Å². The molecule has 22 heteroatoms. The molecule has 0 saturated carbocycles. The summed E-state index contributed by atoms with van der Waals surface area (Å²) in [4.78, 5) is 73.0. The molecule has 354 valence electrons. The Labute approximate surface area is 386 Å². The number of amides is 4. The average Bonchev–Trinajstić information content (AvgIpc) is 3.30. The first-order valence-corrected chi connectivity index (χ1v) is 20.0. The van der Waals surface area contributed by atoms with Gasteiger partial charge in [0, 0.05) is 33.6 Å². The van der Waals surface area contributed by atoms with Gasteiger partial charge in [0.2, 0.25) is 0 Å². The number of ketones is 2. The smallest absolute Gasteiger partial charge is 0.315 e. The normalized spacial score (nSPS) is 10.8. The maximum absolute atomic E-state index is 14.9. The number of hydrogen-bond donors (Lipinski definition) is 3. The summed E-state index contributed by atoms with van der Waals surface area (Å²) in [6.07, 6.45) is -6.57. The van der Waals surface area contributed by atoms with Gasteiger partial charge in [-0.05, 0) is 54.1 Å². The molecule has 0 aliphatic carbocycles. The molecule has 0 bridgehead atoms. The zero-order valence-electron chi connectivity index (χ0n) is 34.4. The summed E-state index contributed by atoms with van der Waals surface area (Å²) in [5, 5.41) is 12.1. The number of aliphatic hydroxyl groups is 1. The molecule has 12 nitrogen and oxygen atoms in total. The second kappa shape index (κ2) is 25.2. The van der Waals surface area contributed by atoms with E-state index in [1.54, 1.807) is 10.6 Å². The van der Waals surface area contributed by atoms with Crippen molar-refractivity contribution in [2.75, 3.05) is 36.1 Å². The molecule has 0 spiro atoms. The lowest BCUT2D eigenvalue weighted by Crippen LogP contribution is -2.34. The predicted molar refractivity (Wildman–Crippen MR) is 228 cm³/mol. The molecular formula is C45H36Cl2F8N4O8. The van der Waals surface area contributed by atoms with Crippen LogP contribution >= 0.6 is 23.2 Å². The van der Waals surface area contributed by atoms with E-state index in [1.165, 1.54) is 42.5 Å². The Morgan fingerprint density at radius 2 is 1.00 bits per heavy atom. The zero-order chi connectivity index (χ0) is 49.4. The van der Waals surface area contributed by atoms with Crippen LogP contribution in [0.3, 0.4) is 0 Å². The first kappa shape index (κ1) is 52.9. The first-order chi connectivity index (χ1) is 31.8. The van der Waals surface area contributed by atoms with Gasteiger partial charge in [0.1, 0.15) is 36.5 Å². The Hall–Kier alpha value is -6.74. The van der Waals surface area contributed by atoms with Gasteiger partial charge in [-0.3, -0.25) is 28.8 Å². The molecule has 0 saturated heterocycles. The van der Waals surface area contributed by atoms with E-state index in [0.29, 0.717) is 0 Å². The Bertz CT molecular complexity index is 2590. The minimum Gasteiger partial charge on any atom is -0.387 e. The van der Waals surface area contributed by atoms with E-state index in [0.717, 1.165) is 45.7 Å². The van der Waals surface area contributed by atoms with Crippen molar-refractivity contribution in [3.05, 3.63) is 164 Å². The molecule has 0 aliphatic heterocycles. The quantitative estimate of drug-likeness (QED) is 0.0562. The zero-order valence-corrected chi connectivity index (χ0v) is 35.9. The summed E-state index contributed by atoms with van der Waals surface area (Å²) in [5.74, 6) is -9.40. The molecule has 0 fully saturated rings. The van der Waals surface area contributed by atoms with Crippen molar-refractivity contribution < 1.29 is 73.7 Å². The van der Waals surface area contributed by atoms with E-state index < -0.39 is 91.0 Å². The van der Waals surface area contributed by atoms with Crippen LogP contribution in [0.15, 0.2) is 103 Å². The number of aliphatic hydroxyl groups excluding tert-OH is 1. The molecule has 67 heavy (non-hydrogen) atoms. The number of Topliss-reactive ketones (excluding diaryl/α,β-unsaturated/α-hetero) is 2. The maximum Gasteiger partial charge on any atom is 0.315 e. The highest BCUT2D eigenvalue weighted by molar-refractivity contribution is 6.31. The van der Waals surface area contributed by atoms with Gasteiger partial charge in [0.15, 0.2) is 11.6 Å². The number of nitrogens with one attached hydrogen (secondary N) is 2. The third-order valence-electron chi connectivity index (χ3n) is 9.15. The van der Waals surface area contributed by atoms with Crippen LogP contribution in [-0.2, 0) is 43.6 Å². The molecule has 5 aromatic carbocycles. The van der Waals surface area contributed by atoms with E-state index in [2.05, 4.69) is 0 Å². The van der Waals surface area contributed by atoms with Crippen molar-refractivity contribution in [1.82, 2.24) is 10.6 Å². The highest BCUT2D eigenvalue weighted by Crippen LogP contribution is 2.27. The lowest BCUT2D eigenvalue weighted by atomic mass is 10.1. The Morgan fingerprint density at radius 1 is 0.567 bits per heavy atom. The van der Waals surface area contributed by atoms with Crippen molar-refractivity contribution in [3.8, 4) is 0 Å². The third kappa shape index (κ3) is 15.7. The van der Waals surface area contributed by atoms with E-state index >= 15 is 0 Å². The van der Waals surface area contributed by atoms with Crippen LogP contribution in [0.5, 0.6) is 0 Å².